The van der Waals surface area contributed by atoms with E-state index in [-0.39, 0.29) is 12.1 Å². The molecule has 3 aromatic rings. The van der Waals surface area contributed by atoms with Gasteiger partial charge in [-0.15, -0.1) is 0 Å². The number of halogens is 1. The molecule has 144 valence electrons. The molecule has 3 heterocycles. The highest BCUT2D eigenvalue weighted by Gasteiger charge is 2.42. The number of rotatable bonds is 4. The van der Waals surface area contributed by atoms with E-state index in [4.69, 9.17) is 12.2 Å². The zero-order valence-electron chi connectivity index (χ0n) is 16.2. The highest BCUT2D eigenvalue weighted by atomic mass is 79.9. The van der Waals surface area contributed by atoms with E-state index in [0.717, 1.165) is 27.5 Å². The molecule has 1 N–H and O–H groups in total. The van der Waals surface area contributed by atoms with Gasteiger partial charge in [0.1, 0.15) is 0 Å². The van der Waals surface area contributed by atoms with Gasteiger partial charge < -0.3 is 14.8 Å². The number of hydrogen-bond donors (Lipinski definition) is 1. The van der Waals surface area contributed by atoms with Gasteiger partial charge in [-0.3, -0.25) is 4.98 Å². The molecule has 0 spiro atoms. The van der Waals surface area contributed by atoms with Crippen LogP contribution < -0.4 is 10.2 Å². The van der Waals surface area contributed by atoms with Gasteiger partial charge in [0, 0.05) is 34.3 Å². The molecule has 1 aliphatic heterocycles. The van der Waals surface area contributed by atoms with E-state index < -0.39 is 0 Å². The van der Waals surface area contributed by atoms with Crippen molar-refractivity contribution < 1.29 is 0 Å². The number of anilines is 1. The number of pyridine rings is 1. The van der Waals surface area contributed by atoms with Gasteiger partial charge >= 0.3 is 0 Å². The Hall–Kier alpha value is -2.18. The number of thiocarbonyl (C=S) groups is 1. The molecular weight excluding hydrogens is 432 g/mol. The summed E-state index contributed by atoms with van der Waals surface area (Å²) >= 11 is 9.32. The molecule has 4 nitrogen and oxygen atoms in total. The van der Waals surface area contributed by atoms with Gasteiger partial charge in [0.2, 0.25) is 0 Å². The molecule has 4 rings (SSSR count). The summed E-state index contributed by atoms with van der Waals surface area (Å²) in [5, 5.41) is 4.26. The highest BCUT2D eigenvalue weighted by Crippen LogP contribution is 2.43. The fraction of sp³-hybridized carbons (Fsp3) is 0.273. The number of nitrogens with one attached hydrogen (secondary N) is 1. The van der Waals surface area contributed by atoms with Crippen molar-refractivity contribution in [2.45, 2.75) is 39.4 Å². The number of aryl methyl sites for hydroxylation is 1. The lowest BCUT2D eigenvalue weighted by atomic mass is 9.96. The van der Waals surface area contributed by atoms with Crippen molar-refractivity contribution in [2.75, 3.05) is 4.90 Å². The van der Waals surface area contributed by atoms with Crippen molar-refractivity contribution in [3.63, 3.8) is 0 Å². The largest absolute Gasteiger partial charge is 0.351 e. The van der Waals surface area contributed by atoms with Gasteiger partial charge in [-0.2, -0.15) is 0 Å². The average molecular weight is 455 g/mol. The van der Waals surface area contributed by atoms with E-state index in [9.17, 15) is 0 Å². The summed E-state index contributed by atoms with van der Waals surface area (Å²) in [6.45, 7) is 7.50. The molecule has 2 aromatic heterocycles. The Balaban J connectivity index is 1.88. The van der Waals surface area contributed by atoms with Crippen LogP contribution in [0.2, 0.25) is 0 Å². The lowest BCUT2D eigenvalue weighted by molar-refractivity contribution is 0.563. The van der Waals surface area contributed by atoms with Crippen LogP contribution in [0.15, 0.2) is 59.2 Å². The zero-order chi connectivity index (χ0) is 19.8. The standard InChI is InChI=1S/C22H23BrN4S/c1-4-26-14(2)13-18(15(26)3)21-20(19-7-5-6-12-24-19)25-22(28)27(21)17-10-8-16(23)9-11-17/h5-13,20-21H,4H2,1-3H3,(H,25,28)/t20-,21-/m1/s1. The summed E-state index contributed by atoms with van der Waals surface area (Å²) in [5.41, 5.74) is 5.90. The molecule has 2 atom stereocenters. The summed E-state index contributed by atoms with van der Waals surface area (Å²) in [7, 11) is 0. The molecular formula is C22H23BrN4S. The topological polar surface area (TPSA) is 33.1 Å². The van der Waals surface area contributed by atoms with Crippen LogP contribution in [0, 0.1) is 13.8 Å². The van der Waals surface area contributed by atoms with E-state index in [1.165, 1.54) is 17.0 Å². The fourth-order valence-electron chi connectivity index (χ4n) is 4.16. The molecule has 0 aliphatic carbocycles. The molecule has 0 unspecified atom stereocenters. The van der Waals surface area contributed by atoms with E-state index >= 15 is 0 Å². The van der Waals surface area contributed by atoms with E-state index in [1.807, 2.05) is 18.3 Å². The van der Waals surface area contributed by atoms with Crippen molar-refractivity contribution >= 4 is 38.9 Å². The van der Waals surface area contributed by atoms with Crippen LogP contribution in [0.1, 0.15) is 41.7 Å². The van der Waals surface area contributed by atoms with E-state index in [0.29, 0.717) is 0 Å². The molecule has 1 aromatic carbocycles. The maximum Gasteiger partial charge on any atom is 0.174 e. The first kappa shape index (κ1) is 19.2. The Bertz CT molecular complexity index is 997. The molecule has 1 aliphatic rings. The third-order valence-corrected chi connectivity index (χ3v) is 6.29. The first-order valence-electron chi connectivity index (χ1n) is 9.44. The Morgan fingerprint density at radius 1 is 1.14 bits per heavy atom. The van der Waals surface area contributed by atoms with Crippen LogP contribution in [0.3, 0.4) is 0 Å². The molecule has 0 radical (unpaired) electrons. The minimum absolute atomic E-state index is 0.0110. The Morgan fingerprint density at radius 2 is 1.89 bits per heavy atom. The van der Waals surface area contributed by atoms with Crippen molar-refractivity contribution in [1.29, 1.82) is 0 Å². The molecule has 0 bridgehead atoms. The quantitative estimate of drug-likeness (QED) is 0.530. The van der Waals surface area contributed by atoms with Crippen LogP contribution >= 0.6 is 28.1 Å². The zero-order valence-corrected chi connectivity index (χ0v) is 18.6. The predicted octanol–water partition coefficient (Wildman–Crippen LogP) is 5.46. The first-order chi connectivity index (χ1) is 13.5. The summed E-state index contributed by atoms with van der Waals surface area (Å²) in [5.74, 6) is 0. The Morgan fingerprint density at radius 3 is 2.50 bits per heavy atom. The van der Waals surface area contributed by atoms with Crippen LogP contribution in [0.5, 0.6) is 0 Å². The molecule has 0 saturated carbocycles. The van der Waals surface area contributed by atoms with Crippen molar-refractivity contribution in [3.05, 3.63) is 81.8 Å². The molecule has 6 heteroatoms. The second kappa shape index (κ2) is 7.68. The van der Waals surface area contributed by atoms with Crippen molar-refractivity contribution in [3.8, 4) is 0 Å². The minimum atomic E-state index is -0.0110. The summed E-state index contributed by atoms with van der Waals surface area (Å²) in [6, 6.07) is 16.7. The predicted molar refractivity (Wildman–Crippen MR) is 122 cm³/mol. The lowest BCUT2D eigenvalue weighted by Gasteiger charge is -2.28. The molecule has 1 fully saturated rings. The first-order valence-corrected chi connectivity index (χ1v) is 10.6. The van der Waals surface area contributed by atoms with Gasteiger partial charge in [0.25, 0.3) is 0 Å². The maximum atomic E-state index is 5.79. The summed E-state index contributed by atoms with van der Waals surface area (Å²) in [6.07, 6.45) is 1.84. The average Bonchev–Trinajstić information content (AvgIpc) is 3.18. The van der Waals surface area contributed by atoms with Gasteiger partial charge in [0.05, 0.1) is 17.8 Å². The van der Waals surface area contributed by atoms with Gasteiger partial charge in [-0.25, -0.2) is 0 Å². The Labute approximate surface area is 179 Å². The lowest BCUT2D eigenvalue weighted by Crippen LogP contribution is -2.29. The normalized spacial score (nSPS) is 19.1. The molecule has 28 heavy (non-hydrogen) atoms. The SMILES string of the molecule is CCn1c(C)cc([C@@H]2[C@@H](c3ccccn3)NC(=S)N2c2ccc(Br)cc2)c1C. The number of hydrogen-bond acceptors (Lipinski definition) is 2. The van der Waals surface area contributed by atoms with Crippen molar-refractivity contribution in [2.24, 2.45) is 0 Å². The van der Waals surface area contributed by atoms with Gasteiger partial charge in [-0.05, 0) is 81.0 Å². The number of nitrogens with zero attached hydrogens (tertiary/aromatic N) is 3. The third kappa shape index (κ3) is 3.25. The number of benzene rings is 1. The third-order valence-electron chi connectivity index (χ3n) is 5.45. The number of aromatic nitrogens is 2. The van der Waals surface area contributed by atoms with Gasteiger partial charge in [0.15, 0.2) is 5.11 Å². The maximum absolute atomic E-state index is 5.79. The van der Waals surface area contributed by atoms with Gasteiger partial charge in [-0.1, -0.05) is 22.0 Å². The monoisotopic (exact) mass is 454 g/mol. The highest BCUT2D eigenvalue weighted by molar-refractivity contribution is 9.10. The van der Waals surface area contributed by atoms with E-state index in [1.54, 1.807) is 0 Å². The molecule has 1 saturated heterocycles. The smallest absolute Gasteiger partial charge is 0.174 e. The molecule has 0 amide bonds. The Kier molecular flexibility index (Phi) is 5.25. The van der Waals surface area contributed by atoms with E-state index in [2.05, 4.69) is 92.9 Å². The van der Waals surface area contributed by atoms with Crippen LogP contribution in [0.4, 0.5) is 5.69 Å². The van der Waals surface area contributed by atoms with Crippen LogP contribution in [-0.2, 0) is 6.54 Å². The fourth-order valence-corrected chi connectivity index (χ4v) is 4.77. The minimum Gasteiger partial charge on any atom is -0.351 e. The summed E-state index contributed by atoms with van der Waals surface area (Å²) in [4.78, 5) is 6.85. The van der Waals surface area contributed by atoms with Crippen molar-refractivity contribution in [1.82, 2.24) is 14.9 Å². The second-order valence-electron chi connectivity index (χ2n) is 7.04. The van der Waals surface area contributed by atoms with Crippen LogP contribution in [-0.4, -0.2) is 14.7 Å². The van der Waals surface area contributed by atoms with Crippen LogP contribution in [0.25, 0.3) is 0 Å². The second-order valence-corrected chi connectivity index (χ2v) is 8.35. The summed E-state index contributed by atoms with van der Waals surface area (Å²) < 4.78 is 3.41.